The molecule has 0 spiro atoms. The number of carbonyl (C=O) groups excluding carboxylic acids is 1. The van der Waals surface area contributed by atoms with Gasteiger partial charge in [0.05, 0.1) is 4.90 Å². The van der Waals surface area contributed by atoms with E-state index in [1.54, 1.807) is 16.4 Å². The van der Waals surface area contributed by atoms with Crippen molar-refractivity contribution in [2.45, 2.75) is 71.2 Å². The summed E-state index contributed by atoms with van der Waals surface area (Å²) in [5.41, 5.74) is 1.97. The summed E-state index contributed by atoms with van der Waals surface area (Å²) in [4.78, 5) is 12.9. The Morgan fingerprint density at radius 3 is 2.31 bits per heavy atom. The van der Waals surface area contributed by atoms with Crippen LogP contribution >= 0.6 is 0 Å². The van der Waals surface area contributed by atoms with E-state index in [0.29, 0.717) is 24.6 Å². The van der Waals surface area contributed by atoms with Crippen LogP contribution in [0.15, 0.2) is 17.0 Å². The van der Waals surface area contributed by atoms with Crippen LogP contribution < -0.4 is 5.32 Å². The maximum atomic E-state index is 13.2. The highest BCUT2D eigenvalue weighted by atomic mass is 32.2. The molecule has 26 heavy (non-hydrogen) atoms. The highest BCUT2D eigenvalue weighted by Crippen LogP contribution is 2.28. The minimum atomic E-state index is -3.58. The molecule has 1 aromatic rings. The Labute approximate surface area is 158 Å². The predicted molar refractivity (Wildman–Crippen MR) is 105 cm³/mol. The summed E-state index contributed by atoms with van der Waals surface area (Å²) >= 11 is 0. The van der Waals surface area contributed by atoms with Crippen molar-refractivity contribution >= 4 is 15.9 Å². The van der Waals surface area contributed by atoms with Crippen LogP contribution in [0.5, 0.6) is 0 Å². The average molecular weight is 381 g/mol. The molecule has 1 saturated heterocycles. The van der Waals surface area contributed by atoms with Crippen molar-refractivity contribution in [3.05, 3.63) is 28.8 Å². The topological polar surface area (TPSA) is 66.5 Å². The molecule has 0 saturated carbocycles. The van der Waals surface area contributed by atoms with E-state index in [2.05, 4.69) is 12.2 Å². The third-order valence-corrected chi connectivity index (χ3v) is 7.59. The van der Waals surface area contributed by atoms with Crippen LogP contribution in [0.3, 0.4) is 0 Å². The number of nitrogens with zero attached hydrogens (tertiary/aromatic N) is 1. The Hall–Kier alpha value is -1.40. The molecule has 1 aliphatic heterocycles. The fraction of sp³-hybridized carbons (Fsp3) is 0.650. The molecule has 1 amide bonds. The van der Waals surface area contributed by atoms with Gasteiger partial charge in [-0.2, -0.15) is 4.31 Å². The number of sulfonamides is 1. The molecule has 1 aliphatic rings. The molecule has 2 rings (SSSR count). The van der Waals surface area contributed by atoms with E-state index in [1.165, 1.54) is 0 Å². The number of hydrogen-bond donors (Lipinski definition) is 1. The standard InChI is InChI=1S/C20H32N2O3S/c1-6-18(7-2)21-20(23)17-12-15(4)16(5)19(13-17)26(24,25)22-10-8-14(3)9-11-22/h12-14,18H,6-11H2,1-5H3,(H,21,23). The summed E-state index contributed by atoms with van der Waals surface area (Å²) < 4.78 is 27.9. The molecule has 0 aromatic heterocycles. The number of carbonyl (C=O) groups is 1. The lowest BCUT2D eigenvalue weighted by molar-refractivity contribution is 0.0934. The zero-order valence-corrected chi connectivity index (χ0v) is 17.4. The third-order valence-electron chi connectivity index (χ3n) is 5.56. The predicted octanol–water partition coefficient (Wildman–Crippen LogP) is 3.64. The number of amides is 1. The van der Waals surface area contributed by atoms with Gasteiger partial charge in [0.2, 0.25) is 10.0 Å². The van der Waals surface area contributed by atoms with Crippen molar-refractivity contribution < 1.29 is 13.2 Å². The van der Waals surface area contributed by atoms with Gasteiger partial charge in [-0.15, -0.1) is 0 Å². The molecule has 1 fully saturated rings. The maximum Gasteiger partial charge on any atom is 0.251 e. The van der Waals surface area contributed by atoms with Gasteiger partial charge in [-0.1, -0.05) is 20.8 Å². The van der Waals surface area contributed by atoms with Gasteiger partial charge in [0.15, 0.2) is 0 Å². The van der Waals surface area contributed by atoms with Crippen LogP contribution in [-0.2, 0) is 10.0 Å². The van der Waals surface area contributed by atoms with Gasteiger partial charge in [0.1, 0.15) is 0 Å². The van der Waals surface area contributed by atoms with Gasteiger partial charge in [-0.25, -0.2) is 8.42 Å². The van der Waals surface area contributed by atoms with Gasteiger partial charge in [0.25, 0.3) is 5.91 Å². The third kappa shape index (κ3) is 4.46. The van der Waals surface area contributed by atoms with Gasteiger partial charge in [-0.3, -0.25) is 4.79 Å². The van der Waals surface area contributed by atoms with Crippen molar-refractivity contribution in [3.8, 4) is 0 Å². The Kier molecular flexibility index (Phi) is 6.86. The Balaban J connectivity index is 2.37. The number of piperidine rings is 1. The van der Waals surface area contributed by atoms with Gasteiger partial charge < -0.3 is 5.32 Å². The minimum Gasteiger partial charge on any atom is -0.349 e. The Bertz CT molecular complexity index is 747. The number of aryl methyl sites for hydroxylation is 1. The minimum absolute atomic E-state index is 0.104. The number of hydrogen-bond acceptors (Lipinski definition) is 3. The molecule has 5 nitrogen and oxygen atoms in total. The van der Waals surface area contributed by atoms with Crippen molar-refractivity contribution in [2.24, 2.45) is 5.92 Å². The van der Waals surface area contributed by atoms with E-state index in [1.807, 2.05) is 27.7 Å². The molecule has 0 radical (unpaired) electrons. The van der Waals surface area contributed by atoms with E-state index in [9.17, 15) is 13.2 Å². The molecular weight excluding hydrogens is 348 g/mol. The van der Waals surface area contributed by atoms with Crippen molar-refractivity contribution in [3.63, 3.8) is 0 Å². The second-order valence-corrected chi connectivity index (χ2v) is 9.40. The Morgan fingerprint density at radius 1 is 1.19 bits per heavy atom. The monoisotopic (exact) mass is 380 g/mol. The van der Waals surface area contributed by atoms with Gasteiger partial charge in [0, 0.05) is 24.7 Å². The fourth-order valence-corrected chi connectivity index (χ4v) is 5.15. The van der Waals surface area contributed by atoms with Crippen LogP contribution in [0.4, 0.5) is 0 Å². The molecule has 1 aromatic carbocycles. The summed E-state index contributed by atoms with van der Waals surface area (Å²) in [5.74, 6) is 0.354. The first kappa shape index (κ1) is 20.9. The van der Waals surface area contributed by atoms with Crippen LogP contribution in [0.2, 0.25) is 0 Å². The first-order chi connectivity index (χ1) is 12.2. The summed E-state index contributed by atoms with van der Waals surface area (Å²) in [6.45, 7) is 11.0. The number of nitrogens with one attached hydrogen (secondary N) is 1. The summed E-state index contributed by atoms with van der Waals surface area (Å²) in [6.07, 6.45) is 3.46. The lowest BCUT2D eigenvalue weighted by Crippen LogP contribution is -2.38. The SMILES string of the molecule is CCC(CC)NC(=O)c1cc(C)c(C)c(S(=O)(=O)N2CCC(C)CC2)c1. The smallest absolute Gasteiger partial charge is 0.251 e. The zero-order valence-electron chi connectivity index (χ0n) is 16.6. The van der Waals surface area contributed by atoms with Crippen LogP contribution in [0.1, 0.15) is 67.9 Å². The number of rotatable bonds is 6. The van der Waals surface area contributed by atoms with E-state index < -0.39 is 10.0 Å². The maximum absolute atomic E-state index is 13.2. The van der Waals surface area contributed by atoms with Gasteiger partial charge >= 0.3 is 0 Å². The molecular formula is C20H32N2O3S. The molecule has 0 aliphatic carbocycles. The van der Waals surface area contributed by atoms with Crippen LogP contribution in [0, 0.1) is 19.8 Å². The average Bonchev–Trinajstić information content (AvgIpc) is 2.61. The first-order valence-corrected chi connectivity index (χ1v) is 11.1. The summed E-state index contributed by atoms with van der Waals surface area (Å²) in [7, 11) is -3.58. The molecule has 0 unspecified atom stereocenters. The highest BCUT2D eigenvalue weighted by Gasteiger charge is 2.30. The van der Waals surface area contributed by atoms with E-state index in [-0.39, 0.29) is 16.8 Å². The molecule has 6 heteroatoms. The van der Waals surface area contributed by atoms with Crippen LogP contribution in [0.25, 0.3) is 0 Å². The van der Waals surface area contributed by atoms with Crippen molar-refractivity contribution in [1.82, 2.24) is 9.62 Å². The van der Waals surface area contributed by atoms with Crippen LogP contribution in [-0.4, -0.2) is 37.8 Å². The van der Waals surface area contributed by atoms with E-state index >= 15 is 0 Å². The second-order valence-electron chi connectivity index (χ2n) is 7.49. The quantitative estimate of drug-likeness (QED) is 0.819. The van der Waals surface area contributed by atoms with Gasteiger partial charge in [-0.05, 0) is 68.7 Å². The zero-order chi connectivity index (χ0) is 19.5. The number of benzene rings is 1. The lowest BCUT2D eigenvalue weighted by atomic mass is 10.0. The molecule has 0 atom stereocenters. The van der Waals surface area contributed by atoms with Crippen molar-refractivity contribution in [2.75, 3.05) is 13.1 Å². The van der Waals surface area contributed by atoms with E-state index in [4.69, 9.17) is 0 Å². The lowest BCUT2D eigenvalue weighted by Gasteiger charge is -2.30. The molecule has 1 heterocycles. The fourth-order valence-electron chi connectivity index (χ4n) is 3.35. The Morgan fingerprint density at radius 2 is 1.77 bits per heavy atom. The molecule has 146 valence electrons. The second kappa shape index (κ2) is 8.53. The molecule has 0 bridgehead atoms. The summed E-state index contributed by atoms with van der Waals surface area (Å²) in [6, 6.07) is 3.44. The highest BCUT2D eigenvalue weighted by molar-refractivity contribution is 7.89. The first-order valence-electron chi connectivity index (χ1n) is 9.62. The van der Waals surface area contributed by atoms with E-state index in [0.717, 1.165) is 36.8 Å². The largest absolute Gasteiger partial charge is 0.349 e. The molecule has 1 N–H and O–H groups in total. The van der Waals surface area contributed by atoms with Crippen molar-refractivity contribution in [1.29, 1.82) is 0 Å². The normalized spacial score (nSPS) is 16.8. The summed E-state index contributed by atoms with van der Waals surface area (Å²) in [5, 5.41) is 3.00.